The molecule has 3 nitrogen and oxygen atoms in total. The predicted molar refractivity (Wildman–Crippen MR) is 100 cm³/mol. The van der Waals surface area contributed by atoms with E-state index in [1.165, 1.54) is 0 Å². The van der Waals surface area contributed by atoms with Crippen molar-refractivity contribution in [1.29, 1.82) is 0 Å². The molecule has 0 amide bonds. The third-order valence-electron chi connectivity index (χ3n) is 3.82. The SMILES string of the molecule is CC.COc1ccc(-c2ccc3ccc4cccnc4c3n2)cc1. The number of benzene rings is 2. The second kappa shape index (κ2) is 7.09. The minimum Gasteiger partial charge on any atom is -0.497 e. The standard InChI is InChI=1S/C19H14N2O.C2H6/c1-22-16-9-6-13(7-10-16)17-11-8-15-5-4-14-3-2-12-20-18(14)19(15)21-17;1-2/h2-12H,1H3;1-2H3. The van der Waals surface area contributed by atoms with Crippen molar-refractivity contribution in [2.45, 2.75) is 13.8 Å². The van der Waals surface area contributed by atoms with Gasteiger partial charge in [-0.1, -0.05) is 38.1 Å². The van der Waals surface area contributed by atoms with Gasteiger partial charge in [0.15, 0.2) is 0 Å². The van der Waals surface area contributed by atoms with Crippen LogP contribution in [-0.2, 0) is 0 Å². The van der Waals surface area contributed by atoms with Gasteiger partial charge in [-0.15, -0.1) is 0 Å². The summed E-state index contributed by atoms with van der Waals surface area (Å²) >= 11 is 0. The highest BCUT2D eigenvalue weighted by molar-refractivity contribution is 6.03. The lowest BCUT2D eigenvalue weighted by Gasteiger charge is -2.06. The van der Waals surface area contributed by atoms with Crippen LogP contribution in [-0.4, -0.2) is 17.1 Å². The van der Waals surface area contributed by atoms with Crippen LogP contribution in [0.5, 0.6) is 5.75 Å². The summed E-state index contributed by atoms with van der Waals surface area (Å²) in [5.74, 6) is 0.844. The number of ether oxygens (including phenoxy) is 1. The van der Waals surface area contributed by atoms with E-state index < -0.39 is 0 Å². The second-order valence-electron chi connectivity index (χ2n) is 5.14. The summed E-state index contributed by atoms with van der Waals surface area (Å²) in [5, 5.41) is 2.21. The normalized spacial score (nSPS) is 10.3. The fourth-order valence-electron chi connectivity index (χ4n) is 2.65. The van der Waals surface area contributed by atoms with E-state index in [1.54, 1.807) is 7.11 Å². The van der Waals surface area contributed by atoms with Crippen LogP contribution >= 0.6 is 0 Å². The Hall–Kier alpha value is -2.94. The van der Waals surface area contributed by atoms with Gasteiger partial charge < -0.3 is 4.74 Å². The molecule has 3 heteroatoms. The molecular weight excluding hydrogens is 296 g/mol. The molecule has 0 spiro atoms. The van der Waals surface area contributed by atoms with Gasteiger partial charge in [-0.3, -0.25) is 4.98 Å². The molecule has 24 heavy (non-hydrogen) atoms. The summed E-state index contributed by atoms with van der Waals surface area (Å²) in [4.78, 5) is 9.31. The Morgan fingerprint density at radius 1 is 0.750 bits per heavy atom. The van der Waals surface area contributed by atoms with Crippen LogP contribution in [0.15, 0.2) is 66.9 Å². The number of pyridine rings is 2. The van der Waals surface area contributed by atoms with Crippen molar-refractivity contribution in [2.75, 3.05) is 7.11 Å². The van der Waals surface area contributed by atoms with E-state index in [0.29, 0.717) is 0 Å². The van der Waals surface area contributed by atoms with E-state index in [0.717, 1.165) is 38.8 Å². The van der Waals surface area contributed by atoms with Gasteiger partial charge in [0.2, 0.25) is 0 Å². The Balaban J connectivity index is 0.000000815. The fraction of sp³-hybridized carbons (Fsp3) is 0.143. The number of nitrogens with zero attached hydrogens (tertiary/aromatic N) is 2. The topological polar surface area (TPSA) is 35.0 Å². The molecule has 0 atom stereocenters. The second-order valence-corrected chi connectivity index (χ2v) is 5.14. The number of hydrogen-bond acceptors (Lipinski definition) is 3. The molecular formula is C21H20N2O. The lowest BCUT2D eigenvalue weighted by molar-refractivity contribution is 0.415. The van der Waals surface area contributed by atoms with Gasteiger partial charge in [-0.2, -0.15) is 0 Å². The van der Waals surface area contributed by atoms with Crippen molar-refractivity contribution in [1.82, 2.24) is 9.97 Å². The highest BCUT2D eigenvalue weighted by atomic mass is 16.5. The Kier molecular flexibility index (Phi) is 4.71. The van der Waals surface area contributed by atoms with Crippen LogP contribution in [0.2, 0.25) is 0 Å². The minimum absolute atomic E-state index is 0.844. The maximum Gasteiger partial charge on any atom is 0.118 e. The molecule has 0 radical (unpaired) electrons. The lowest BCUT2D eigenvalue weighted by atomic mass is 10.1. The first-order valence-corrected chi connectivity index (χ1v) is 8.14. The highest BCUT2D eigenvalue weighted by Gasteiger charge is 2.06. The third-order valence-corrected chi connectivity index (χ3v) is 3.82. The molecule has 2 aromatic heterocycles. The molecule has 4 aromatic rings. The van der Waals surface area contributed by atoms with E-state index >= 15 is 0 Å². The Bertz CT molecular complexity index is 962. The van der Waals surface area contributed by atoms with Gasteiger partial charge in [0.25, 0.3) is 0 Å². The van der Waals surface area contributed by atoms with Crippen molar-refractivity contribution in [3.63, 3.8) is 0 Å². The zero-order valence-corrected chi connectivity index (χ0v) is 14.2. The van der Waals surface area contributed by atoms with Crippen LogP contribution in [0.4, 0.5) is 0 Å². The number of methoxy groups -OCH3 is 1. The summed E-state index contributed by atoms with van der Waals surface area (Å²) < 4.78 is 5.20. The van der Waals surface area contributed by atoms with Crippen molar-refractivity contribution in [2.24, 2.45) is 0 Å². The fourth-order valence-corrected chi connectivity index (χ4v) is 2.65. The Morgan fingerprint density at radius 2 is 1.42 bits per heavy atom. The van der Waals surface area contributed by atoms with Gasteiger partial charge in [-0.05, 0) is 36.4 Å². The zero-order chi connectivity index (χ0) is 16.9. The molecule has 0 N–H and O–H groups in total. The Labute approximate surface area is 142 Å². The first-order valence-electron chi connectivity index (χ1n) is 8.14. The quantitative estimate of drug-likeness (QED) is 0.459. The molecule has 0 saturated carbocycles. The summed E-state index contributed by atoms with van der Waals surface area (Å²) in [6, 6.07) is 20.2. The number of fused-ring (bicyclic) bond motifs is 3. The van der Waals surface area contributed by atoms with Crippen LogP contribution in [0, 0.1) is 0 Å². The molecule has 0 unspecified atom stereocenters. The van der Waals surface area contributed by atoms with E-state index in [2.05, 4.69) is 29.2 Å². The molecule has 0 saturated heterocycles. The van der Waals surface area contributed by atoms with Crippen molar-refractivity contribution >= 4 is 21.8 Å². The summed E-state index contributed by atoms with van der Waals surface area (Å²) in [6.07, 6.45) is 1.81. The van der Waals surface area contributed by atoms with Gasteiger partial charge in [0, 0.05) is 22.5 Å². The van der Waals surface area contributed by atoms with E-state index in [9.17, 15) is 0 Å². The zero-order valence-electron chi connectivity index (χ0n) is 14.2. The largest absolute Gasteiger partial charge is 0.497 e. The van der Waals surface area contributed by atoms with Crippen molar-refractivity contribution in [3.8, 4) is 17.0 Å². The molecule has 4 rings (SSSR count). The first kappa shape index (κ1) is 15.9. The molecule has 0 fully saturated rings. The number of rotatable bonds is 2. The van der Waals surface area contributed by atoms with Crippen LogP contribution in [0.1, 0.15) is 13.8 Å². The van der Waals surface area contributed by atoms with Gasteiger partial charge in [0.1, 0.15) is 5.75 Å². The van der Waals surface area contributed by atoms with E-state index in [1.807, 2.05) is 56.4 Å². The van der Waals surface area contributed by atoms with Crippen LogP contribution in [0.25, 0.3) is 33.1 Å². The van der Waals surface area contributed by atoms with Crippen LogP contribution in [0.3, 0.4) is 0 Å². The average Bonchev–Trinajstić information content (AvgIpc) is 2.69. The lowest BCUT2D eigenvalue weighted by Crippen LogP contribution is -1.89. The molecule has 2 heterocycles. The molecule has 120 valence electrons. The smallest absolute Gasteiger partial charge is 0.118 e. The summed E-state index contributed by atoms with van der Waals surface area (Å²) in [7, 11) is 1.67. The molecule has 2 aromatic carbocycles. The maximum absolute atomic E-state index is 5.20. The molecule has 0 aliphatic rings. The molecule has 0 aliphatic heterocycles. The van der Waals surface area contributed by atoms with Crippen molar-refractivity contribution in [3.05, 3.63) is 66.9 Å². The maximum atomic E-state index is 5.20. The van der Waals surface area contributed by atoms with Gasteiger partial charge in [0.05, 0.1) is 23.8 Å². The number of aromatic nitrogens is 2. The molecule has 0 aliphatic carbocycles. The van der Waals surface area contributed by atoms with Gasteiger partial charge >= 0.3 is 0 Å². The first-order chi connectivity index (χ1) is 11.8. The summed E-state index contributed by atoms with van der Waals surface area (Å²) in [5.41, 5.74) is 3.88. The Morgan fingerprint density at radius 3 is 2.12 bits per heavy atom. The average molecular weight is 316 g/mol. The van der Waals surface area contributed by atoms with Gasteiger partial charge in [-0.25, -0.2) is 4.98 Å². The van der Waals surface area contributed by atoms with Crippen molar-refractivity contribution < 1.29 is 4.74 Å². The monoisotopic (exact) mass is 316 g/mol. The number of hydrogen-bond donors (Lipinski definition) is 0. The minimum atomic E-state index is 0.844. The van der Waals surface area contributed by atoms with E-state index in [-0.39, 0.29) is 0 Å². The predicted octanol–water partition coefficient (Wildman–Crippen LogP) is 5.48. The highest BCUT2D eigenvalue weighted by Crippen LogP contribution is 2.26. The van der Waals surface area contributed by atoms with E-state index in [4.69, 9.17) is 9.72 Å². The van der Waals surface area contributed by atoms with Crippen LogP contribution < -0.4 is 4.74 Å². The molecule has 0 bridgehead atoms. The summed E-state index contributed by atoms with van der Waals surface area (Å²) in [6.45, 7) is 4.00. The third kappa shape index (κ3) is 2.93.